The molecule has 0 unspecified atom stereocenters. The van der Waals surface area contributed by atoms with E-state index >= 15 is 0 Å². The van der Waals surface area contributed by atoms with Crippen molar-refractivity contribution in [2.24, 2.45) is 0 Å². The first-order chi connectivity index (χ1) is 11.8. The van der Waals surface area contributed by atoms with E-state index in [9.17, 15) is 13.2 Å². The van der Waals surface area contributed by atoms with Crippen molar-refractivity contribution in [3.05, 3.63) is 51.8 Å². The average Bonchev–Trinajstić information content (AvgIpc) is 2.85. The third kappa shape index (κ3) is 4.62. The van der Waals surface area contributed by atoms with Crippen LogP contribution in [0.2, 0.25) is 5.02 Å². The van der Waals surface area contributed by atoms with Gasteiger partial charge >= 0.3 is 5.97 Å². The quantitative estimate of drug-likeness (QED) is 0.718. The van der Waals surface area contributed by atoms with Crippen LogP contribution in [0, 0.1) is 13.8 Å². The molecule has 0 aliphatic carbocycles. The fourth-order valence-electron chi connectivity index (χ4n) is 2.60. The van der Waals surface area contributed by atoms with Gasteiger partial charge < -0.3 is 9.72 Å². The summed E-state index contributed by atoms with van der Waals surface area (Å²) in [5, 5.41) is 0.634. The number of carbonyl (C=O) groups is 1. The molecule has 0 aliphatic rings. The summed E-state index contributed by atoms with van der Waals surface area (Å²) in [6, 6.07) is 7.22. The summed E-state index contributed by atoms with van der Waals surface area (Å²) in [6.07, 6.45) is 0.531. The number of halogens is 1. The zero-order valence-corrected chi connectivity index (χ0v) is 15.9. The number of hydrogen-bond acceptors (Lipinski definition) is 4. The maximum absolute atomic E-state index is 12.6. The molecule has 136 valence electrons. The third-order valence-electron chi connectivity index (χ3n) is 3.74. The molecule has 0 aliphatic heterocycles. The number of ether oxygens (including phenoxy) is 1. The molecule has 1 heterocycles. The molecule has 2 rings (SSSR count). The van der Waals surface area contributed by atoms with Crippen LogP contribution in [0.15, 0.2) is 29.2 Å². The summed E-state index contributed by atoms with van der Waals surface area (Å²) in [6.45, 7) is 5.35. The van der Waals surface area contributed by atoms with Crippen molar-refractivity contribution in [1.82, 2.24) is 9.71 Å². The summed E-state index contributed by atoms with van der Waals surface area (Å²) in [7, 11) is -3.74. The van der Waals surface area contributed by atoms with E-state index in [1.807, 2.05) is 12.1 Å². The molecule has 25 heavy (non-hydrogen) atoms. The highest BCUT2D eigenvalue weighted by Gasteiger charge is 2.26. The molecule has 0 spiro atoms. The van der Waals surface area contributed by atoms with Crippen molar-refractivity contribution in [1.29, 1.82) is 0 Å². The number of hydrogen-bond donors (Lipinski definition) is 2. The van der Waals surface area contributed by atoms with Gasteiger partial charge in [-0.15, -0.1) is 0 Å². The number of aryl methyl sites for hydroxylation is 1. The van der Waals surface area contributed by atoms with Gasteiger partial charge in [-0.2, -0.15) is 0 Å². The Morgan fingerprint density at radius 3 is 2.48 bits per heavy atom. The Labute approximate surface area is 152 Å². The molecule has 8 heteroatoms. The molecule has 1 aromatic carbocycles. The Hall–Kier alpha value is -1.83. The van der Waals surface area contributed by atoms with Crippen LogP contribution in [0.1, 0.15) is 34.2 Å². The molecule has 2 aromatic rings. The molecule has 0 saturated heterocycles. The molecule has 0 atom stereocenters. The largest absolute Gasteiger partial charge is 0.461 e. The predicted octanol–water partition coefficient (Wildman–Crippen LogP) is 2.98. The Morgan fingerprint density at radius 2 is 1.88 bits per heavy atom. The molecule has 0 bridgehead atoms. The summed E-state index contributed by atoms with van der Waals surface area (Å²) in [5.74, 6) is -0.564. The maximum Gasteiger partial charge on any atom is 0.355 e. The minimum absolute atomic E-state index is 0.0895. The minimum atomic E-state index is -3.74. The van der Waals surface area contributed by atoms with E-state index in [0.29, 0.717) is 22.7 Å². The Balaban J connectivity index is 2.13. The van der Waals surface area contributed by atoms with E-state index in [4.69, 9.17) is 16.3 Å². The van der Waals surface area contributed by atoms with Crippen LogP contribution in [0.5, 0.6) is 0 Å². The lowest BCUT2D eigenvalue weighted by Gasteiger charge is -2.08. The molecular weight excluding hydrogens is 364 g/mol. The highest BCUT2D eigenvalue weighted by molar-refractivity contribution is 7.89. The second kappa shape index (κ2) is 8.03. The van der Waals surface area contributed by atoms with Crippen LogP contribution in [0.25, 0.3) is 0 Å². The molecule has 6 nitrogen and oxygen atoms in total. The minimum Gasteiger partial charge on any atom is -0.461 e. The van der Waals surface area contributed by atoms with E-state index in [0.717, 1.165) is 5.56 Å². The van der Waals surface area contributed by atoms with Gasteiger partial charge in [0, 0.05) is 22.8 Å². The van der Waals surface area contributed by atoms with E-state index in [2.05, 4.69) is 9.71 Å². The van der Waals surface area contributed by atoms with Gasteiger partial charge in [0.15, 0.2) is 0 Å². The number of H-pyrrole nitrogens is 1. The van der Waals surface area contributed by atoms with Crippen molar-refractivity contribution in [2.45, 2.75) is 32.1 Å². The highest BCUT2D eigenvalue weighted by Crippen LogP contribution is 2.23. The lowest BCUT2D eigenvalue weighted by atomic mass is 10.2. The molecule has 0 amide bonds. The van der Waals surface area contributed by atoms with Crippen LogP contribution >= 0.6 is 11.6 Å². The second-order valence-electron chi connectivity index (χ2n) is 5.57. The van der Waals surface area contributed by atoms with E-state index in [1.54, 1.807) is 32.9 Å². The van der Waals surface area contributed by atoms with Crippen molar-refractivity contribution in [3.63, 3.8) is 0 Å². The average molecular weight is 385 g/mol. The normalized spacial score (nSPS) is 11.5. The topological polar surface area (TPSA) is 88.3 Å². The maximum atomic E-state index is 12.6. The van der Waals surface area contributed by atoms with Gasteiger partial charge in [-0.05, 0) is 44.9 Å². The first-order valence-corrected chi connectivity index (χ1v) is 9.72. The lowest BCUT2D eigenvalue weighted by molar-refractivity contribution is 0.0519. The van der Waals surface area contributed by atoms with Crippen LogP contribution in [-0.4, -0.2) is 32.5 Å². The van der Waals surface area contributed by atoms with Gasteiger partial charge in [-0.25, -0.2) is 17.9 Å². The number of aromatic amines is 1. The molecular formula is C17H21ClN2O4S. The highest BCUT2D eigenvalue weighted by atomic mass is 35.5. The second-order valence-corrected chi connectivity index (χ2v) is 7.71. The van der Waals surface area contributed by atoms with E-state index in [-0.39, 0.29) is 23.7 Å². The predicted molar refractivity (Wildman–Crippen MR) is 96.6 cm³/mol. The summed E-state index contributed by atoms with van der Waals surface area (Å²) in [5.41, 5.74) is 1.90. The first kappa shape index (κ1) is 19.5. The SMILES string of the molecule is CCOC(=O)c1[nH]c(C)c(S(=O)(=O)NCCc2ccc(Cl)cc2)c1C. The number of benzene rings is 1. The van der Waals surface area contributed by atoms with Crippen LogP contribution in [-0.2, 0) is 21.2 Å². The van der Waals surface area contributed by atoms with Gasteiger partial charge in [0.25, 0.3) is 0 Å². The molecule has 0 radical (unpaired) electrons. The first-order valence-electron chi connectivity index (χ1n) is 7.86. The number of carbonyl (C=O) groups excluding carboxylic acids is 1. The monoisotopic (exact) mass is 384 g/mol. The van der Waals surface area contributed by atoms with Crippen LogP contribution < -0.4 is 4.72 Å². The van der Waals surface area contributed by atoms with E-state index in [1.165, 1.54) is 0 Å². The van der Waals surface area contributed by atoms with Crippen LogP contribution in [0.4, 0.5) is 0 Å². The number of aromatic nitrogens is 1. The van der Waals surface area contributed by atoms with Crippen LogP contribution in [0.3, 0.4) is 0 Å². The van der Waals surface area contributed by atoms with Crippen molar-refractivity contribution in [3.8, 4) is 0 Å². The van der Waals surface area contributed by atoms with Gasteiger partial charge in [0.2, 0.25) is 10.0 Å². The number of rotatable bonds is 7. The van der Waals surface area contributed by atoms with Crippen molar-refractivity contribution in [2.75, 3.05) is 13.2 Å². The zero-order valence-electron chi connectivity index (χ0n) is 14.3. The Kier molecular flexibility index (Phi) is 6.26. The lowest BCUT2D eigenvalue weighted by Crippen LogP contribution is -2.27. The fraction of sp³-hybridized carbons (Fsp3) is 0.353. The zero-order chi connectivity index (χ0) is 18.6. The number of nitrogens with one attached hydrogen (secondary N) is 2. The molecule has 0 saturated carbocycles. The smallest absolute Gasteiger partial charge is 0.355 e. The Morgan fingerprint density at radius 1 is 1.24 bits per heavy atom. The van der Waals surface area contributed by atoms with Gasteiger partial charge in [-0.1, -0.05) is 23.7 Å². The number of esters is 1. The fourth-order valence-corrected chi connectivity index (χ4v) is 4.20. The standard InChI is InChI=1S/C17H21ClN2O4S/c1-4-24-17(21)15-11(2)16(12(3)20-15)25(22,23)19-10-9-13-5-7-14(18)8-6-13/h5-8,19-20H,4,9-10H2,1-3H3. The number of sulfonamides is 1. The van der Waals surface area contributed by atoms with Crippen molar-refractivity contribution >= 4 is 27.6 Å². The van der Waals surface area contributed by atoms with Gasteiger partial charge in [0.1, 0.15) is 10.6 Å². The van der Waals surface area contributed by atoms with Gasteiger partial charge in [-0.3, -0.25) is 0 Å². The molecule has 0 fully saturated rings. The van der Waals surface area contributed by atoms with Gasteiger partial charge in [0.05, 0.1) is 6.61 Å². The third-order valence-corrected chi connectivity index (χ3v) is 5.72. The summed E-state index contributed by atoms with van der Waals surface area (Å²) in [4.78, 5) is 14.8. The molecule has 1 aromatic heterocycles. The summed E-state index contributed by atoms with van der Waals surface area (Å²) < 4.78 is 32.7. The summed E-state index contributed by atoms with van der Waals surface area (Å²) >= 11 is 5.83. The Bertz CT molecular complexity index is 858. The van der Waals surface area contributed by atoms with Crippen molar-refractivity contribution < 1.29 is 17.9 Å². The van der Waals surface area contributed by atoms with E-state index < -0.39 is 16.0 Å². The molecule has 2 N–H and O–H groups in total.